The summed E-state index contributed by atoms with van der Waals surface area (Å²) in [6, 6.07) is 18.2. The zero-order chi connectivity index (χ0) is 58.5. The van der Waals surface area contributed by atoms with Crippen molar-refractivity contribution in [1.82, 2.24) is 34.4 Å². The number of hydrogen-bond acceptors (Lipinski definition) is 15. The van der Waals surface area contributed by atoms with Crippen LogP contribution in [0.4, 0.5) is 58.2 Å². The molecule has 23 heteroatoms. The minimum absolute atomic E-state index is 0.0283. The van der Waals surface area contributed by atoms with Crippen LogP contribution in [0.2, 0.25) is 0 Å². The first-order valence-electron chi connectivity index (χ1n) is 28.9. The van der Waals surface area contributed by atoms with E-state index in [4.69, 9.17) is 20.2 Å². The van der Waals surface area contributed by atoms with Gasteiger partial charge in [-0.2, -0.15) is 23.3 Å². The van der Waals surface area contributed by atoms with Crippen molar-refractivity contribution in [1.29, 1.82) is 0 Å². The number of carbonyl (C=O) groups is 5. The Balaban J connectivity index is 0.619. The lowest BCUT2D eigenvalue weighted by Crippen LogP contribution is -2.55. The molecule has 2 aliphatic carbocycles. The first-order valence-corrected chi connectivity index (χ1v) is 28.9. The Labute approximate surface area is 480 Å². The van der Waals surface area contributed by atoms with Crippen molar-refractivity contribution in [3.63, 3.8) is 0 Å². The third-order valence-corrected chi connectivity index (χ3v) is 17.4. The molecule has 20 nitrogen and oxygen atoms in total. The second-order valence-electron chi connectivity index (χ2n) is 23.5. The summed E-state index contributed by atoms with van der Waals surface area (Å²) in [5.41, 5.74) is 8.15. The number of likely N-dealkylation sites (tertiary alicyclic amines) is 1. The van der Waals surface area contributed by atoms with Gasteiger partial charge < -0.3 is 50.3 Å². The molecule has 440 valence electrons. The summed E-state index contributed by atoms with van der Waals surface area (Å²) in [4.78, 5) is 87.8. The van der Waals surface area contributed by atoms with Crippen molar-refractivity contribution < 1.29 is 46.6 Å². The number of ether oxygens (including phenoxy) is 2. The predicted molar refractivity (Wildman–Crippen MR) is 308 cm³/mol. The third kappa shape index (κ3) is 11.7. The van der Waals surface area contributed by atoms with Gasteiger partial charge in [-0.25, -0.2) is 14.5 Å². The van der Waals surface area contributed by atoms with Crippen LogP contribution in [0.1, 0.15) is 121 Å². The average Bonchev–Trinajstić information content (AvgIpc) is 3.65. The molecule has 0 spiro atoms. The highest BCUT2D eigenvalue weighted by atomic mass is 19.4. The number of rotatable bonds is 12. The first-order chi connectivity index (χ1) is 39.7. The van der Waals surface area contributed by atoms with Gasteiger partial charge in [-0.1, -0.05) is 26.0 Å². The number of alkyl halides is 3. The minimum Gasteiger partial charge on any atom is -0.492 e. The highest BCUT2D eigenvalue weighted by Crippen LogP contribution is 2.44. The summed E-state index contributed by atoms with van der Waals surface area (Å²) in [6.07, 6.45) is 1.94. The monoisotopic (exact) mass is 1140 g/mol. The number of para-hydroxylation sites is 1. The standard InChI is InChI=1S/C60H72F3N13O7/c1-6-82-50-32-39(14-18-44(50)67-57-65-35-48-54(68-57)70(4)46-10-8-7-9-43(46)56(80)71(48)5)72-23-19-36(20-24-72)55(79)74-25-21-38(22-26-74)73-27-29-75(30-28-73)58(81)83-41-15-11-37(12-16-41)66-45-31-40(13-17-42(45)53(64)78)76-47-33-59(2,3)34-49(77)51(47)52(69-76)60(61,62)63/h7-10,13-14,17-18,31-32,35-38,41,66H,6,11-12,15-16,19-30,33-34H2,1-5H3,(H2,64,78)(H,65,67,68). The fraction of sp³-hybridized carbons (Fsp3) is 0.500. The number of anilines is 7. The van der Waals surface area contributed by atoms with Gasteiger partial charge in [0.1, 0.15) is 17.5 Å². The highest BCUT2D eigenvalue weighted by molar-refractivity contribution is 6.13. The number of ketones is 1. The molecule has 3 saturated heterocycles. The molecule has 0 radical (unpaired) electrons. The summed E-state index contributed by atoms with van der Waals surface area (Å²) in [6.45, 7) is 11.5. The number of nitrogens with one attached hydrogen (secondary N) is 2. The number of carbonyl (C=O) groups excluding carboxylic acids is 5. The fourth-order valence-electron chi connectivity index (χ4n) is 13.0. The van der Waals surface area contributed by atoms with Gasteiger partial charge in [0.15, 0.2) is 17.3 Å². The predicted octanol–water partition coefficient (Wildman–Crippen LogP) is 8.82. The van der Waals surface area contributed by atoms with Crippen molar-refractivity contribution in [3.05, 3.63) is 94.9 Å². The van der Waals surface area contributed by atoms with E-state index in [-0.39, 0.29) is 65.8 Å². The van der Waals surface area contributed by atoms with Crippen LogP contribution >= 0.6 is 0 Å². The van der Waals surface area contributed by atoms with E-state index in [2.05, 4.69) is 30.5 Å². The number of fused-ring (bicyclic) bond motifs is 3. The van der Waals surface area contributed by atoms with Crippen molar-refractivity contribution in [3.8, 4) is 11.4 Å². The number of piperidine rings is 2. The number of hydrogen-bond donors (Lipinski definition) is 3. The Morgan fingerprint density at radius 3 is 2.19 bits per heavy atom. The van der Waals surface area contributed by atoms with E-state index in [1.165, 1.54) is 16.8 Å². The zero-order valence-electron chi connectivity index (χ0n) is 47.6. The first kappa shape index (κ1) is 56.9. The summed E-state index contributed by atoms with van der Waals surface area (Å²) in [7, 11) is 3.61. The van der Waals surface area contributed by atoms with Gasteiger partial charge in [0.2, 0.25) is 11.9 Å². The minimum atomic E-state index is -4.84. The van der Waals surface area contributed by atoms with Gasteiger partial charge in [-0.3, -0.25) is 24.1 Å². The van der Waals surface area contributed by atoms with E-state index in [1.54, 1.807) is 29.1 Å². The molecule has 6 aliphatic rings. The van der Waals surface area contributed by atoms with Crippen LogP contribution in [0.3, 0.4) is 0 Å². The summed E-state index contributed by atoms with van der Waals surface area (Å²) < 4.78 is 55.9. The van der Waals surface area contributed by atoms with Gasteiger partial charge in [-0.15, -0.1) is 0 Å². The number of piperazine rings is 1. The van der Waals surface area contributed by atoms with Gasteiger partial charge in [0, 0.05) is 108 Å². The van der Waals surface area contributed by atoms with Crippen LogP contribution in [0.5, 0.6) is 5.75 Å². The second-order valence-corrected chi connectivity index (χ2v) is 23.5. The lowest BCUT2D eigenvalue weighted by molar-refractivity contribution is -0.141. The highest BCUT2D eigenvalue weighted by Gasteiger charge is 2.46. The van der Waals surface area contributed by atoms with E-state index < -0.39 is 34.5 Å². The molecule has 2 aromatic heterocycles. The Hall–Kier alpha value is -7.95. The van der Waals surface area contributed by atoms with E-state index in [1.807, 2.05) is 80.1 Å². The molecule has 4 N–H and O–H groups in total. The molecule has 4 fully saturated rings. The SMILES string of the molecule is CCOc1cc(N2CCC(C(=O)N3CCC(N4CCN(C(=O)OC5CCC(Nc6cc(-n7nc(C(F)(F)F)c8c7CC(C)(C)CC8=O)ccc6C(N)=O)CC5)CC4)CC3)CC2)ccc1Nc1ncc2c(n1)N(C)c1ccccc1C(=O)N2C. The molecule has 11 rings (SSSR count). The van der Waals surface area contributed by atoms with E-state index >= 15 is 0 Å². The number of halogens is 3. The van der Waals surface area contributed by atoms with Gasteiger partial charge in [0.05, 0.1) is 52.3 Å². The fourth-order valence-corrected chi connectivity index (χ4v) is 13.0. The Morgan fingerprint density at radius 2 is 1.49 bits per heavy atom. The molecule has 0 atom stereocenters. The maximum absolute atomic E-state index is 14.2. The van der Waals surface area contributed by atoms with Crippen molar-refractivity contribution in [2.24, 2.45) is 17.1 Å². The van der Waals surface area contributed by atoms with Crippen LogP contribution < -0.4 is 35.8 Å². The maximum atomic E-state index is 14.2. The quantitative estimate of drug-likeness (QED) is 0.106. The number of benzene rings is 3. The van der Waals surface area contributed by atoms with E-state index in [0.29, 0.717) is 105 Å². The van der Waals surface area contributed by atoms with Crippen molar-refractivity contribution in [2.75, 3.05) is 98.4 Å². The molecule has 1 saturated carbocycles. The number of amides is 4. The molecule has 0 unspecified atom stereocenters. The van der Waals surface area contributed by atoms with Gasteiger partial charge in [0.25, 0.3) is 11.8 Å². The number of Topliss-reactive ketones (excluding diaryl/α,β-unsaturated/α-hetero) is 1. The number of nitrogens with zero attached hydrogens (tertiary/aromatic N) is 10. The normalized spacial score (nSPS) is 20.7. The Bertz CT molecular complexity index is 3300. The lowest BCUT2D eigenvalue weighted by Gasteiger charge is -2.43. The second kappa shape index (κ2) is 23.0. The van der Waals surface area contributed by atoms with Crippen LogP contribution in [0.25, 0.3) is 5.69 Å². The molecule has 5 aromatic rings. The van der Waals surface area contributed by atoms with Crippen LogP contribution in [-0.2, 0) is 22.1 Å². The third-order valence-electron chi connectivity index (χ3n) is 17.4. The Morgan fingerprint density at radius 1 is 0.783 bits per heavy atom. The van der Waals surface area contributed by atoms with E-state index in [0.717, 1.165) is 63.2 Å². The molecular weight excluding hydrogens is 1070 g/mol. The molecular formula is C60H72F3N13O7. The van der Waals surface area contributed by atoms with Crippen LogP contribution in [-0.4, -0.2) is 155 Å². The number of aromatic nitrogens is 4. The molecule has 6 heterocycles. The van der Waals surface area contributed by atoms with Gasteiger partial charge >= 0.3 is 12.3 Å². The molecule has 83 heavy (non-hydrogen) atoms. The summed E-state index contributed by atoms with van der Waals surface area (Å²) in [5.74, 6) is 0.338. The topological polar surface area (TPSA) is 217 Å². The molecule has 3 aromatic carbocycles. The average molecular weight is 1140 g/mol. The summed E-state index contributed by atoms with van der Waals surface area (Å²) in [5, 5.41) is 10.7. The zero-order valence-corrected chi connectivity index (χ0v) is 47.6. The largest absolute Gasteiger partial charge is 0.492 e. The van der Waals surface area contributed by atoms with Crippen LogP contribution in [0, 0.1) is 11.3 Å². The van der Waals surface area contributed by atoms with E-state index in [9.17, 15) is 37.1 Å². The molecule has 4 amide bonds. The maximum Gasteiger partial charge on any atom is 0.435 e. The molecule has 0 bridgehead atoms. The van der Waals surface area contributed by atoms with Crippen LogP contribution in [0.15, 0.2) is 66.9 Å². The summed E-state index contributed by atoms with van der Waals surface area (Å²) >= 11 is 0. The van der Waals surface area contributed by atoms with Crippen molar-refractivity contribution in [2.45, 2.75) is 109 Å². The number of nitrogens with two attached hydrogens (primary N) is 1. The molecule has 4 aliphatic heterocycles. The lowest BCUT2D eigenvalue weighted by atomic mass is 9.75. The smallest absolute Gasteiger partial charge is 0.435 e. The number of primary amides is 1. The van der Waals surface area contributed by atoms with Gasteiger partial charge in [-0.05, 0) is 113 Å². The van der Waals surface area contributed by atoms with Crippen molar-refractivity contribution >= 4 is 69.8 Å². The Kier molecular flexibility index (Phi) is 15.8.